The molecule has 0 amide bonds. The molecule has 1 atom stereocenters. The summed E-state index contributed by atoms with van der Waals surface area (Å²) in [6, 6.07) is 10.8. The van der Waals surface area contributed by atoms with E-state index in [1.807, 2.05) is 31.4 Å². The van der Waals surface area contributed by atoms with Gasteiger partial charge in [0.15, 0.2) is 4.90 Å². The highest BCUT2D eigenvalue weighted by Gasteiger charge is 2.15. The van der Waals surface area contributed by atoms with Crippen LogP contribution in [-0.2, 0) is 11.4 Å². The summed E-state index contributed by atoms with van der Waals surface area (Å²) in [4.78, 5) is 1.67. The number of hydrogen-bond acceptors (Lipinski definition) is 3. The summed E-state index contributed by atoms with van der Waals surface area (Å²) in [5.41, 5.74) is 1.66. The van der Waals surface area contributed by atoms with Gasteiger partial charge in [0.2, 0.25) is 0 Å². The van der Waals surface area contributed by atoms with Crippen LogP contribution in [-0.4, -0.2) is 10.8 Å². The number of hydrogen-bond donors (Lipinski definition) is 1. The predicted molar refractivity (Wildman–Crippen MR) is 89.5 cm³/mol. The summed E-state index contributed by atoms with van der Waals surface area (Å²) in [6.07, 6.45) is 1.96. The molecular weight excluding hydrogens is 333 g/mol. The van der Waals surface area contributed by atoms with Crippen LogP contribution in [0.25, 0.3) is 0 Å². The zero-order valence-electron chi connectivity index (χ0n) is 10.9. The predicted octanol–water partition coefficient (Wildman–Crippen LogP) is 5.16. The summed E-state index contributed by atoms with van der Waals surface area (Å²) in [7, 11) is 0. The quantitative estimate of drug-likeness (QED) is 0.614. The van der Waals surface area contributed by atoms with Crippen molar-refractivity contribution in [1.82, 2.24) is 0 Å². The number of thioether (sulfide) groups is 1. The van der Waals surface area contributed by atoms with Gasteiger partial charge in [-0.05, 0) is 49.1 Å². The van der Waals surface area contributed by atoms with Gasteiger partial charge < -0.3 is 4.55 Å². The molecule has 0 bridgehead atoms. The molecule has 0 aliphatic rings. The van der Waals surface area contributed by atoms with Crippen LogP contribution in [0.1, 0.15) is 5.56 Å². The average Bonchev–Trinajstić information content (AvgIpc) is 2.42. The van der Waals surface area contributed by atoms with Crippen molar-refractivity contribution in [2.45, 2.75) is 16.7 Å². The molecule has 1 unspecified atom stereocenters. The second-order valence-electron chi connectivity index (χ2n) is 4.13. The number of aryl methyl sites for hydroxylation is 1. The van der Waals surface area contributed by atoms with Crippen molar-refractivity contribution in [2.75, 3.05) is 11.0 Å². The molecule has 0 radical (unpaired) electrons. The standard InChI is InChI=1S/C14H13Cl2NOS2/c1-9-7-11(4-5-12(9)16)20(18)17-13-8-10(15)3-6-14(13)19-2/h3-8,17H,1-2H3. The van der Waals surface area contributed by atoms with Gasteiger partial charge in [-0.3, -0.25) is 0 Å². The number of anilines is 1. The molecule has 106 valence electrons. The first-order valence-corrected chi connectivity index (χ1v) is 8.92. The van der Waals surface area contributed by atoms with Gasteiger partial charge in [0.25, 0.3) is 0 Å². The zero-order valence-corrected chi connectivity index (χ0v) is 14.1. The molecule has 0 saturated carbocycles. The summed E-state index contributed by atoms with van der Waals surface area (Å²) in [5.74, 6) is 0. The molecule has 2 aromatic carbocycles. The molecule has 0 heterocycles. The van der Waals surface area contributed by atoms with Gasteiger partial charge in [-0.15, -0.1) is 11.8 Å². The van der Waals surface area contributed by atoms with E-state index in [0.717, 1.165) is 16.1 Å². The lowest BCUT2D eigenvalue weighted by Gasteiger charge is -2.14. The molecule has 0 aliphatic heterocycles. The second-order valence-corrected chi connectivity index (χ2v) is 7.03. The Morgan fingerprint density at radius 3 is 2.55 bits per heavy atom. The van der Waals surface area contributed by atoms with Gasteiger partial charge in [0, 0.05) is 21.0 Å². The summed E-state index contributed by atoms with van der Waals surface area (Å²) in [6.45, 7) is 1.88. The molecule has 0 aliphatic carbocycles. The fraction of sp³-hybridized carbons (Fsp3) is 0.143. The summed E-state index contributed by atoms with van der Waals surface area (Å²) < 4.78 is 15.4. The van der Waals surface area contributed by atoms with Gasteiger partial charge in [0.1, 0.15) is 11.4 Å². The van der Waals surface area contributed by atoms with Gasteiger partial charge in [-0.1, -0.05) is 23.2 Å². The van der Waals surface area contributed by atoms with E-state index in [4.69, 9.17) is 23.2 Å². The Labute approximate surface area is 136 Å². The normalized spacial score (nSPS) is 12.2. The third-order valence-corrected chi connectivity index (χ3v) is 5.25. The van der Waals surface area contributed by atoms with E-state index >= 15 is 0 Å². The van der Waals surface area contributed by atoms with Crippen LogP contribution in [0.4, 0.5) is 5.69 Å². The maximum Gasteiger partial charge on any atom is 0.180 e. The lowest BCUT2D eigenvalue weighted by Crippen LogP contribution is -2.13. The van der Waals surface area contributed by atoms with Crippen LogP contribution in [0.5, 0.6) is 0 Å². The third kappa shape index (κ3) is 3.77. The molecule has 20 heavy (non-hydrogen) atoms. The van der Waals surface area contributed by atoms with E-state index in [0.29, 0.717) is 14.9 Å². The molecule has 0 saturated heterocycles. The van der Waals surface area contributed by atoms with E-state index in [9.17, 15) is 4.55 Å². The second kappa shape index (κ2) is 6.96. The van der Waals surface area contributed by atoms with Crippen molar-refractivity contribution in [2.24, 2.45) is 0 Å². The van der Waals surface area contributed by atoms with Crippen LogP contribution < -0.4 is 4.72 Å². The lowest BCUT2D eigenvalue weighted by molar-refractivity contribution is 0.600. The van der Waals surface area contributed by atoms with E-state index in [1.54, 1.807) is 30.0 Å². The van der Waals surface area contributed by atoms with Crippen molar-refractivity contribution in [3.8, 4) is 0 Å². The van der Waals surface area contributed by atoms with Crippen LogP contribution in [0.15, 0.2) is 46.2 Å². The van der Waals surface area contributed by atoms with Crippen molar-refractivity contribution < 1.29 is 4.55 Å². The molecule has 2 nitrogen and oxygen atoms in total. The third-order valence-electron chi connectivity index (χ3n) is 2.71. The highest BCUT2D eigenvalue weighted by atomic mass is 35.5. The molecule has 0 spiro atoms. The fourth-order valence-electron chi connectivity index (χ4n) is 1.65. The minimum atomic E-state index is -1.35. The largest absolute Gasteiger partial charge is 0.588 e. The Hall–Kier alpha value is -0.520. The van der Waals surface area contributed by atoms with Gasteiger partial charge >= 0.3 is 0 Å². The van der Waals surface area contributed by atoms with E-state index in [2.05, 4.69) is 4.72 Å². The Bertz CT molecular complexity index is 622. The van der Waals surface area contributed by atoms with Crippen LogP contribution in [0.3, 0.4) is 0 Å². The minimum absolute atomic E-state index is 0.606. The van der Waals surface area contributed by atoms with E-state index < -0.39 is 11.4 Å². The maximum absolute atomic E-state index is 12.4. The summed E-state index contributed by atoms with van der Waals surface area (Å²) >= 11 is 12.2. The Morgan fingerprint density at radius 1 is 1.15 bits per heavy atom. The highest BCUT2D eigenvalue weighted by molar-refractivity contribution is 7.99. The number of nitrogens with one attached hydrogen (secondary N) is 1. The minimum Gasteiger partial charge on any atom is -0.588 e. The molecular formula is C14H13Cl2NOS2. The van der Waals surface area contributed by atoms with Gasteiger partial charge in [-0.2, -0.15) is 0 Å². The smallest absolute Gasteiger partial charge is 0.180 e. The van der Waals surface area contributed by atoms with Gasteiger partial charge in [0.05, 0.1) is 5.69 Å². The van der Waals surface area contributed by atoms with E-state index in [1.165, 1.54) is 0 Å². The Kier molecular flexibility index (Phi) is 5.52. The molecule has 2 aromatic rings. The fourth-order valence-corrected chi connectivity index (χ4v) is 3.50. The average molecular weight is 346 g/mol. The van der Waals surface area contributed by atoms with Crippen molar-refractivity contribution in [3.63, 3.8) is 0 Å². The molecule has 6 heteroatoms. The first kappa shape index (κ1) is 15.9. The Balaban J connectivity index is 2.24. The first-order valence-electron chi connectivity index (χ1n) is 5.79. The molecule has 0 aromatic heterocycles. The Morgan fingerprint density at radius 2 is 1.90 bits per heavy atom. The van der Waals surface area contributed by atoms with Crippen LogP contribution in [0.2, 0.25) is 10.0 Å². The zero-order chi connectivity index (χ0) is 14.7. The highest BCUT2D eigenvalue weighted by Crippen LogP contribution is 2.30. The molecule has 1 N–H and O–H groups in total. The number of halogens is 2. The van der Waals surface area contributed by atoms with Crippen molar-refractivity contribution >= 4 is 52.0 Å². The topological polar surface area (TPSA) is 35.1 Å². The van der Waals surface area contributed by atoms with Crippen LogP contribution in [0, 0.1) is 6.92 Å². The molecule has 0 fully saturated rings. The monoisotopic (exact) mass is 345 g/mol. The number of benzene rings is 2. The molecule has 2 rings (SSSR count). The number of rotatable bonds is 4. The van der Waals surface area contributed by atoms with Crippen molar-refractivity contribution in [3.05, 3.63) is 52.0 Å². The maximum atomic E-state index is 12.4. The van der Waals surface area contributed by atoms with Crippen LogP contribution >= 0.6 is 35.0 Å². The lowest BCUT2D eigenvalue weighted by atomic mass is 10.2. The van der Waals surface area contributed by atoms with Gasteiger partial charge in [-0.25, -0.2) is 4.72 Å². The summed E-state index contributed by atoms with van der Waals surface area (Å²) in [5, 5.41) is 1.27. The van der Waals surface area contributed by atoms with Crippen molar-refractivity contribution in [1.29, 1.82) is 0 Å². The first-order chi connectivity index (χ1) is 9.51. The SMILES string of the molecule is CSc1ccc(Cl)cc1N[S+]([O-])c1ccc(Cl)c(C)c1. The van der Waals surface area contributed by atoms with E-state index in [-0.39, 0.29) is 0 Å².